The molecule has 0 aromatic heterocycles. The van der Waals surface area contributed by atoms with Crippen molar-refractivity contribution in [2.75, 3.05) is 6.61 Å². The first-order chi connectivity index (χ1) is 8.41. The molecule has 1 aromatic carbocycles. The molecular weight excluding hydrogens is 296 g/mol. The van der Waals surface area contributed by atoms with Crippen molar-refractivity contribution in [2.45, 2.75) is 39.2 Å². The zero-order chi connectivity index (χ0) is 13.8. The van der Waals surface area contributed by atoms with Gasteiger partial charge < -0.3 is 9.84 Å². The van der Waals surface area contributed by atoms with E-state index in [2.05, 4.69) is 15.9 Å². The average Bonchev–Trinajstić information content (AvgIpc) is 2.36. The van der Waals surface area contributed by atoms with Crippen molar-refractivity contribution in [3.05, 3.63) is 28.2 Å². The maximum absolute atomic E-state index is 11.5. The van der Waals surface area contributed by atoms with Crippen LogP contribution < -0.4 is 4.74 Å². The topological polar surface area (TPSA) is 46.5 Å². The lowest BCUT2D eigenvalue weighted by Gasteiger charge is -2.25. The number of rotatable bonds is 6. The van der Waals surface area contributed by atoms with Crippen molar-refractivity contribution in [1.82, 2.24) is 0 Å². The zero-order valence-corrected chi connectivity index (χ0v) is 12.6. The molecule has 0 saturated heterocycles. The number of Topliss-reactive ketones (excluding diaryl/α,β-unsaturated/α-hetero) is 1. The molecule has 0 saturated carbocycles. The number of ketones is 1. The Morgan fingerprint density at radius 2 is 2.00 bits per heavy atom. The Bertz CT molecular complexity index is 425. The van der Waals surface area contributed by atoms with Gasteiger partial charge in [-0.25, -0.2) is 0 Å². The molecule has 3 nitrogen and oxygen atoms in total. The summed E-state index contributed by atoms with van der Waals surface area (Å²) in [5.41, 5.74) is -0.305. The van der Waals surface area contributed by atoms with Crippen molar-refractivity contribution in [3.63, 3.8) is 0 Å². The second kappa shape index (κ2) is 6.34. The summed E-state index contributed by atoms with van der Waals surface area (Å²) in [5, 5.41) is 10.2. The molecule has 0 aliphatic rings. The maximum Gasteiger partial charge on any atom is 0.163 e. The minimum Gasteiger partial charge on any atom is -0.490 e. The Hall–Kier alpha value is -0.870. The second-order valence-corrected chi connectivity index (χ2v) is 5.33. The Kier molecular flexibility index (Phi) is 5.35. The van der Waals surface area contributed by atoms with Gasteiger partial charge in [-0.1, -0.05) is 29.8 Å². The van der Waals surface area contributed by atoms with Crippen molar-refractivity contribution >= 4 is 21.7 Å². The van der Waals surface area contributed by atoms with Gasteiger partial charge in [0.1, 0.15) is 12.4 Å². The fraction of sp³-hybridized carbons (Fsp3) is 0.500. The average molecular weight is 315 g/mol. The minimum atomic E-state index is -0.832. The third-order valence-electron chi connectivity index (χ3n) is 3.13. The van der Waals surface area contributed by atoms with E-state index in [1.807, 2.05) is 19.9 Å². The molecule has 4 heteroatoms. The number of carbonyl (C=O) groups is 1. The highest BCUT2D eigenvalue weighted by molar-refractivity contribution is 9.10. The molecule has 1 rings (SSSR count). The van der Waals surface area contributed by atoms with Gasteiger partial charge in [0.05, 0.1) is 11.2 Å². The van der Waals surface area contributed by atoms with E-state index >= 15 is 0 Å². The van der Waals surface area contributed by atoms with E-state index in [0.29, 0.717) is 24.2 Å². The zero-order valence-electron chi connectivity index (χ0n) is 11.0. The Morgan fingerprint density at radius 1 is 1.39 bits per heavy atom. The lowest BCUT2D eigenvalue weighted by molar-refractivity contribution is -0.0115. The highest BCUT2D eigenvalue weighted by Gasteiger charge is 2.24. The van der Waals surface area contributed by atoms with E-state index in [-0.39, 0.29) is 12.4 Å². The van der Waals surface area contributed by atoms with Gasteiger partial charge in [0.15, 0.2) is 5.78 Å². The van der Waals surface area contributed by atoms with Crippen LogP contribution in [0.15, 0.2) is 22.7 Å². The van der Waals surface area contributed by atoms with Crippen LogP contribution >= 0.6 is 15.9 Å². The van der Waals surface area contributed by atoms with Crippen LogP contribution in [-0.2, 0) is 0 Å². The molecule has 0 aliphatic heterocycles. The number of hydrogen-bond acceptors (Lipinski definition) is 3. The van der Waals surface area contributed by atoms with Gasteiger partial charge in [0, 0.05) is 4.47 Å². The molecule has 1 aromatic rings. The fourth-order valence-corrected chi connectivity index (χ4v) is 1.93. The van der Waals surface area contributed by atoms with Crippen LogP contribution in [0.25, 0.3) is 0 Å². The largest absolute Gasteiger partial charge is 0.490 e. The minimum absolute atomic E-state index is 0.0529. The van der Waals surface area contributed by atoms with Gasteiger partial charge in [0.25, 0.3) is 0 Å². The molecule has 0 unspecified atom stereocenters. The molecule has 0 heterocycles. The number of ether oxygens (including phenoxy) is 1. The smallest absolute Gasteiger partial charge is 0.163 e. The van der Waals surface area contributed by atoms with E-state index < -0.39 is 5.60 Å². The maximum atomic E-state index is 11.5. The molecule has 18 heavy (non-hydrogen) atoms. The van der Waals surface area contributed by atoms with Gasteiger partial charge in [0.2, 0.25) is 0 Å². The molecule has 1 N–H and O–H groups in total. The normalized spacial score (nSPS) is 11.4. The first kappa shape index (κ1) is 15.2. The third kappa shape index (κ3) is 3.82. The summed E-state index contributed by atoms with van der Waals surface area (Å²) in [4.78, 5) is 11.5. The van der Waals surface area contributed by atoms with E-state index in [1.165, 1.54) is 6.92 Å². The van der Waals surface area contributed by atoms with Crippen LogP contribution in [0.4, 0.5) is 0 Å². The Balaban J connectivity index is 2.88. The summed E-state index contributed by atoms with van der Waals surface area (Å²) < 4.78 is 6.44. The summed E-state index contributed by atoms with van der Waals surface area (Å²) >= 11 is 3.33. The monoisotopic (exact) mass is 314 g/mol. The van der Waals surface area contributed by atoms with Gasteiger partial charge in [-0.2, -0.15) is 0 Å². The predicted molar refractivity (Wildman–Crippen MR) is 75.2 cm³/mol. The van der Waals surface area contributed by atoms with E-state index in [9.17, 15) is 9.90 Å². The van der Waals surface area contributed by atoms with Crippen LogP contribution in [0.2, 0.25) is 0 Å². The Morgan fingerprint density at radius 3 is 2.50 bits per heavy atom. The van der Waals surface area contributed by atoms with Gasteiger partial charge in [-0.3, -0.25) is 4.79 Å². The summed E-state index contributed by atoms with van der Waals surface area (Å²) in [6.07, 6.45) is 1.24. The lowest BCUT2D eigenvalue weighted by atomic mass is 9.99. The number of aliphatic hydroxyl groups is 1. The molecule has 0 aliphatic carbocycles. The molecular formula is C14H19BrO3. The number of hydrogen-bond donors (Lipinski definition) is 1. The first-order valence-electron chi connectivity index (χ1n) is 6.07. The first-order valence-corrected chi connectivity index (χ1v) is 6.87. The molecule has 0 spiro atoms. The van der Waals surface area contributed by atoms with Crippen LogP contribution in [0.3, 0.4) is 0 Å². The van der Waals surface area contributed by atoms with Crippen LogP contribution in [-0.4, -0.2) is 23.1 Å². The van der Waals surface area contributed by atoms with Crippen molar-refractivity contribution in [3.8, 4) is 5.75 Å². The summed E-state index contributed by atoms with van der Waals surface area (Å²) in [6, 6.07) is 5.29. The van der Waals surface area contributed by atoms with Crippen LogP contribution in [0, 0.1) is 0 Å². The van der Waals surface area contributed by atoms with Gasteiger partial charge in [-0.15, -0.1) is 0 Å². The highest BCUT2D eigenvalue weighted by Crippen LogP contribution is 2.25. The van der Waals surface area contributed by atoms with Crippen LogP contribution in [0.1, 0.15) is 44.0 Å². The second-order valence-electron chi connectivity index (χ2n) is 4.42. The molecule has 0 amide bonds. The fourth-order valence-electron chi connectivity index (χ4n) is 1.57. The summed E-state index contributed by atoms with van der Waals surface area (Å²) in [5.74, 6) is 0.467. The standard InChI is InChI=1S/C14H19BrO3/c1-4-14(17,5-2)9-18-13-7-6-11(15)8-12(13)10(3)16/h6-8,17H,4-5,9H2,1-3H3. The SMILES string of the molecule is CCC(O)(CC)COc1ccc(Br)cc1C(C)=O. The van der Waals surface area contributed by atoms with Crippen LogP contribution in [0.5, 0.6) is 5.75 Å². The highest BCUT2D eigenvalue weighted by atomic mass is 79.9. The number of halogens is 1. The molecule has 0 radical (unpaired) electrons. The quantitative estimate of drug-likeness (QED) is 0.816. The summed E-state index contributed by atoms with van der Waals surface area (Å²) in [6.45, 7) is 5.53. The van der Waals surface area contributed by atoms with E-state index in [4.69, 9.17) is 4.74 Å². The third-order valence-corrected chi connectivity index (χ3v) is 3.63. The summed E-state index contributed by atoms with van der Waals surface area (Å²) in [7, 11) is 0. The molecule has 0 bridgehead atoms. The number of carbonyl (C=O) groups excluding carboxylic acids is 1. The molecule has 0 fully saturated rings. The predicted octanol–water partition coefficient (Wildman–Crippen LogP) is 3.58. The molecule has 0 atom stereocenters. The van der Waals surface area contributed by atoms with E-state index in [0.717, 1.165) is 4.47 Å². The molecule has 100 valence electrons. The lowest BCUT2D eigenvalue weighted by Crippen LogP contribution is -2.34. The number of benzene rings is 1. The van der Waals surface area contributed by atoms with Crippen molar-refractivity contribution < 1.29 is 14.6 Å². The van der Waals surface area contributed by atoms with E-state index in [1.54, 1.807) is 12.1 Å². The van der Waals surface area contributed by atoms with Gasteiger partial charge >= 0.3 is 0 Å². The Labute approximate surface area is 116 Å². The van der Waals surface area contributed by atoms with Crippen molar-refractivity contribution in [1.29, 1.82) is 0 Å². The van der Waals surface area contributed by atoms with Crippen molar-refractivity contribution in [2.24, 2.45) is 0 Å². The van der Waals surface area contributed by atoms with Gasteiger partial charge in [-0.05, 0) is 38.0 Å².